The summed E-state index contributed by atoms with van der Waals surface area (Å²) in [5.74, 6) is 0. The number of carbonyl (C=O) groups is 1. The van der Waals surface area contributed by atoms with E-state index in [0.717, 1.165) is 36.5 Å². The number of pyridine rings is 1. The molecule has 0 aromatic carbocycles. The molecule has 0 atom stereocenters. The molecule has 2 aromatic heterocycles. The van der Waals surface area contributed by atoms with Gasteiger partial charge in [-0.05, 0) is 24.6 Å². The highest BCUT2D eigenvalue weighted by Crippen LogP contribution is 2.37. The standard InChI is InChI=1S/C21H27N5O3/c1-4-29-21(27)26-9-7-25(8-10-26)19-5-6-22-18-12-15(11-16(18)19)17-13-23-24(2)20(17)14-28-3/h5-6,11,13H,4,7-10,12,14H2,1-3H3. The third-order valence-electron chi connectivity index (χ3n) is 5.56. The van der Waals surface area contributed by atoms with E-state index < -0.39 is 0 Å². The van der Waals surface area contributed by atoms with Crippen LogP contribution in [0.15, 0.2) is 18.5 Å². The summed E-state index contributed by atoms with van der Waals surface area (Å²) >= 11 is 0. The van der Waals surface area contributed by atoms with Gasteiger partial charge in [-0.1, -0.05) is 0 Å². The normalized spacial score (nSPS) is 16.0. The van der Waals surface area contributed by atoms with Crippen LogP contribution in [0.5, 0.6) is 0 Å². The number of ether oxygens (including phenoxy) is 2. The van der Waals surface area contributed by atoms with E-state index >= 15 is 0 Å². The Bertz CT molecular complexity index is 928. The average Bonchev–Trinajstić information content (AvgIpc) is 3.32. The van der Waals surface area contributed by atoms with Crippen molar-refractivity contribution in [3.05, 3.63) is 41.0 Å². The Balaban J connectivity index is 1.55. The SMILES string of the molecule is CCOC(=O)N1CCN(c2ccnc3c2C=C(c2cnn(C)c2COC)C3)CC1. The Morgan fingerprint density at radius 2 is 2.03 bits per heavy atom. The van der Waals surface area contributed by atoms with Crippen molar-refractivity contribution in [1.82, 2.24) is 19.7 Å². The van der Waals surface area contributed by atoms with Crippen molar-refractivity contribution in [1.29, 1.82) is 0 Å². The molecule has 0 N–H and O–H groups in total. The number of methoxy groups -OCH3 is 1. The fourth-order valence-corrected chi connectivity index (χ4v) is 4.04. The molecule has 4 rings (SSSR count). The van der Waals surface area contributed by atoms with E-state index in [9.17, 15) is 4.79 Å². The van der Waals surface area contributed by atoms with Gasteiger partial charge in [-0.3, -0.25) is 9.67 Å². The molecule has 2 aromatic rings. The second kappa shape index (κ2) is 8.24. The molecule has 0 bridgehead atoms. The van der Waals surface area contributed by atoms with Crippen molar-refractivity contribution in [2.45, 2.75) is 20.0 Å². The predicted molar refractivity (Wildman–Crippen MR) is 111 cm³/mol. The van der Waals surface area contributed by atoms with Gasteiger partial charge in [0.1, 0.15) is 0 Å². The summed E-state index contributed by atoms with van der Waals surface area (Å²) < 4.78 is 12.3. The second-order valence-electron chi connectivity index (χ2n) is 7.27. The van der Waals surface area contributed by atoms with Crippen molar-refractivity contribution in [2.75, 3.05) is 44.8 Å². The number of hydrogen-bond acceptors (Lipinski definition) is 6. The molecular formula is C21H27N5O3. The average molecular weight is 397 g/mol. The zero-order valence-corrected chi connectivity index (χ0v) is 17.2. The largest absolute Gasteiger partial charge is 0.450 e. The number of aryl methyl sites for hydroxylation is 1. The molecule has 8 heteroatoms. The molecule has 1 amide bonds. The summed E-state index contributed by atoms with van der Waals surface area (Å²) in [6.07, 6.45) is 6.57. The fraction of sp³-hybridized carbons (Fsp3) is 0.476. The molecule has 154 valence electrons. The summed E-state index contributed by atoms with van der Waals surface area (Å²) in [7, 11) is 3.64. The van der Waals surface area contributed by atoms with Crippen molar-refractivity contribution in [2.24, 2.45) is 7.05 Å². The molecule has 0 saturated carbocycles. The van der Waals surface area contributed by atoms with Gasteiger partial charge in [-0.15, -0.1) is 0 Å². The van der Waals surface area contributed by atoms with Crippen molar-refractivity contribution < 1.29 is 14.3 Å². The van der Waals surface area contributed by atoms with Gasteiger partial charge in [0.25, 0.3) is 0 Å². The van der Waals surface area contributed by atoms with Crippen LogP contribution < -0.4 is 4.90 Å². The molecular weight excluding hydrogens is 370 g/mol. The van der Waals surface area contributed by atoms with Gasteiger partial charge in [0, 0.05) is 69.8 Å². The maximum atomic E-state index is 12.0. The van der Waals surface area contributed by atoms with Crippen LogP contribution in [0, 0.1) is 0 Å². The van der Waals surface area contributed by atoms with E-state index in [4.69, 9.17) is 9.47 Å². The number of rotatable bonds is 5. The maximum absolute atomic E-state index is 12.0. The quantitative estimate of drug-likeness (QED) is 0.771. The summed E-state index contributed by atoms with van der Waals surface area (Å²) in [4.78, 5) is 20.7. The van der Waals surface area contributed by atoms with E-state index in [-0.39, 0.29) is 6.09 Å². The number of allylic oxidation sites excluding steroid dienone is 1. The molecule has 1 aliphatic carbocycles. The third-order valence-corrected chi connectivity index (χ3v) is 5.56. The molecule has 1 fully saturated rings. The number of fused-ring (bicyclic) bond motifs is 1. The Hall–Kier alpha value is -2.87. The van der Waals surface area contributed by atoms with E-state index in [0.29, 0.717) is 26.3 Å². The van der Waals surface area contributed by atoms with Crippen LogP contribution >= 0.6 is 0 Å². The van der Waals surface area contributed by atoms with Crippen molar-refractivity contribution in [3.63, 3.8) is 0 Å². The van der Waals surface area contributed by atoms with Crippen molar-refractivity contribution in [3.8, 4) is 0 Å². The van der Waals surface area contributed by atoms with Crippen LogP contribution in [0.3, 0.4) is 0 Å². The number of anilines is 1. The van der Waals surface area contributed by atoms with Crippen LogP contribution in [0.25, 0.3) is 11.6 Å². The van der Waals surface area contributed by atoms with Gasteiger partial charge in [0.05, 0.1) is 30.8 Å². The first-order valence-electron chi connectivity index (χ1n) is 9.97. The van der Waals surface area contributed by atoms with Crippen LogP contribution in [-0.2, 0) is 29.5 Å². The number of piperazine rings is 1. The van der Waals surface area contributed by atoms with E-state index in [2.05, 4.69) is 27.1 Å². The summed E-state index contributed by atoms with van der Waals surface area (Å²) in [5.41, 5.74) is 6.81. The summed E-state index contributed by atoms with van der Waals surface area (Å²) in [5, 5.41) is 4.41. The van der Waals surface area contributed by atoms with Gasteiger partial charge in [-0.25, -0.2) is 4.79 Å². The minimum Gasteiger partial charge on any atom is -0.450 e. The minimum atomic E-state index is -0.225. The molecule has 3 heterocycles. The highest BCUT2D eigenvalue weighted by molar-refractivity contribution is 5.92. The topological polar surface area (TPSA) is 72.7 Å². The Kier molecular flexibility index (Phi) is 5.53. The van der Waals surface area contributed by atoms with Gasteiger partial charge in [0.15, 0.2) is 0 Å². The molecule has 29 heavy (non-hydrogen) atoms. The van der Waals surface area contributed by atoms with Gasteiger partial charge >= 0.3 is 6.09 Å². The molecule has 8 nitrogen and oxygen atoms in total. The monoisotopic (exact) mass is 397 g/mol. The predicted octanol–water partition coefficient (Wildman–Crippen LogP) is 2.34. The highest BCUT2D eigenvalue weighted by Gasteiger charge is 2.27. The van der Waals surface area contributed by atoms with Crippen LogP contribution in [0.2, 0.25) is 0 Å². The Morgan fingerprint density at radius 1 is 1.24 bits per heavy atom. The smallest absolute Gasteiger partial charge is 0.409 e. The van der Waals surface area contributed by atoms with Crippen molar-refractivity contribution >= 4 is 23.4 Å². The number of carbonyl (C=O) groups excluding carboxylic acids is 1. The molecule has 2 aliphatic rings. The molecule has 0 radical (unpaired) electrons. The lowest BCUT2D eigenvalue weighted by Gasteiger charge is -2.36. The first-order valence-corrected chi connectivity index (χ1v) is 9.97. The van der Waals surface area contributed by atoms with Crippen LogP contribution in [-0.4, -0.2) is 65.7 Å². The van der Waals surface area contributed by atoms with Gasteiger partial charge in [0.2, 0.25) is 0 Å². The first-order chi connectivity index (χ1) is 14.1. The Morgan fingerprint density at radius 3 is 2.76 bits per heavy atom. The number of nitrogens with zero attached hydrogens (tertiary/aromatic N) is 5. The zero-order valence-electron chi connectivity index (χ0n) is 17.2. The van der Waals surface area contributed by atoms with Gasteiger partial charge in [-0.2, -0.15) is 5.10 Å². The second-order valence-corrected chi connectivity index (χ2v) is 7.27. The lowest BCUT2D eigenvalue weighted by Crippen LogP contribution is -2.49. The summed E-state index contributed by atoms with van der Waals surface area (Å²) in [6.45, 7) is 5.64. The van der Waals surface area contributed by atoms with Gasteiger partial charge < -0.3 is 19.3 Å². The summed E-state index contributed by atoms with van der Waals surface area (Å²) in [6, 6.07) is 2.07. The number of aromatic nitrogens is 3. The Labute approximate surface area is 170 Å². The van der Waals surface area contributed by atoms with E-state index in [1.807, 2.05) is 31.0 Å². The maximum Gasteiger partial charge on any atom is 0.409 e. The number of amides is 1. The third kappa shape index (κ3) is 3.72. The number of hydrogen-bond donors (Lipinski definition) is 0. The minimum absolute atomic E-state index is 0.225. The van der Waals surface area contributed by atoms with Crippen LogP contribution in [0.1, 0.15) is 29.4 Å². The molecule has 0 unspecified atom stereocenters. The first kappa shape index (κ1) is 19.4. The molecule has 1 saturated heterocycles. The van der Waals surface area contributed by atoms with E-state index in [1.165, 1.54) is 16.8 Å². The molecule has 1 aliphatic heterocycles. The molecule has 0 spiro atoms. The fourth-order valence-electron chi connectivity index (χ4n) is 4.04. The highest BCUT2D eigenvalue weighted by atomic mass is 16.6. The lowest BCUT2D eigenvalue weighted by molar-refractivity contribution is 0.105. The lowest BCUT2D eigenvalue weighted by atomic mass is 10.1. The van der Waals surface area contributed by atoms with Crippen LogP contribution in [0.4, 0.5) is 10.5 Å². The zero-order chi connectivity index (χ0) is 20.4. The van der Waals surface area contributed by atoms with E-state index in [1.54, 1.807) is 12.0 Å².